The molecule has 1 aliphatic heterocycles. The maximum Gasteiger partial charge on any atom is 0.258 e. The van der Waals surface area contributed by atoms with Crippen LogP contribution in [0.15, 0.2) is 24.3 Å². The summed E-state index contributed by atoms with van der Waals surface area (Å²) >= 11 is 12.3. The Morgan fingerprint density at radius 3 is 2.90 bits per heavy atom. The predicted molar refractivity (Wildman–Crippen MR) is 86.7 cm³/mol. The van der Waals surface area contributed by atoms with Crippen molar-refractivity contribution in [3.8, 4) is 5.75 Å². The van der Waals surface area contributed by atoms with Gasteiger partial charge in [-0.1, -0.05) is 47.7 Å². The standard InChI is InChI=1S/C13H13ClN2O3S2/c14-9-3-1-2-4-10(9)19-7-11(17)15-5-6-16-12(18)8-21-13(16)20/h1-4H,5-8H2,(H,15,17). The third-order valence-electron chi connectivity index (χ3n) is 2.69. The summed E-state index contributed by atoms with van der Waals surface area (Å²) < 4.78 is 5.87. The number of ether oxygens (including phenoxy) is 1. The van der Waals surface area contributed by atoms with E-state index in [1.54, 1.807) is 24.3 Å². The zero-order valence-electron chi connectivity index (χ0n) is 11.0. The Bertz CT molecular complexity index is 552. The molecule has 0 saturated carbocycles. The monoisotopic (exact) mass is 344 g/mol. The zero-order chi connectivity index (χ0) is 15.2. The van der Waals surface area contributed by atoms with E-state index in [0.29, 0.717) is 33.9 Å². The number of nitrogens with one attached hydrogen (secondary N) is 1. The minimum absolute atomic E-state index is 0.0217. The van der Waals surface area contributed by atoms with Gasteiger partial charge < -0.3 is 10.1 Å². The molecule has 8 heteroatoms. The summed E-state index contributed by atoms with van der Waals surface area (Å²) in [5, 5.41) is 3.12. The molecule has 2 amide bonds. The Balaban J connectivity index is 1.69. The van der Waals surface area contributed by atoms with Crippen LogP contribution in [0, 0.1) is 0 Å². The van der Waals surface area contributed by atoms with E-state index >= 15 is 0 Å². The molecule has 0 aliphatic carbocycles. The number of thiocarbonyl (C=S) groups is 1. The molecule has 0 radical (unpaired) electrons. The summed E-state index contributed by atoms with van der Waals surface area (Å²) in [5.74, 6) is 0.538. The summed E-state index contributed by atoms with van der Waals surface area (Å²) in [6.45, 7) is 0.580. The van der Waals surface area contributed by atoms with Crippen molar-refractivity contribution in [1.29, 1.82) is 0 Å². The van der Waals surface area contributed by atoms with Crippen LogP contribution < -0.4 is 10.1 Å². The Morgan fingerprint density at radius 2 is 2.24 bits per heavy atom. The van der Waals surface area contributed by atoms with Gasteiger partial charge in [-0.15, -0.1) is 0 Å². The molecule has 1 N–H and O–H groups in total. The van der Waals surface area contributed by atoms with Crippen LogP contribution in [0.1, 0.15) is 0 Å². The Hall–Kier alpha value is -1.31. The molecule has 0 aromatic heterocycles. The maximum absolute atomic E-state index is 11.6. The first-order chi connectivity index (χ1) is 10.1. The molecule has 0 bridgehead atoms. The van der Waals surface area contributed by atoms with Gasteiger partial charge in [-0.25, -0.2) is 0 Å². The fraction of sp³-hybridized carbons (Fsp3) is 0.308. The minimum Gasteiger partial charge on any atom is -0.482 e. The molecular weight excluding hydrogens is 332 g/mol. The van der Waals surface area contributed by atoms with E-state index in [1.807, 2.05) is 0 Å². The number of para-hydroxylation sites is 1. The Kier molecular flexibility index (Phi) is 5.84. The Labute approximate surface area is 137 Å². The highest BCUT2D eigenvalue weighted by Gasteiger charge is 2.25. The van der Waals surface area contributed by atoms with Crippen LogP contribution in [-0.4, -0.2) is 46.5 Å². The van der Waals surface area contributed by atoms with Crippen LogP contribution >= 0.6 is 35.6 Å². The van der Waals surface area contributed by atoms with Crippen LogP contribution in [-0.2, 0) is 9.59 Å². The van der Waals surface area contributed by atoms with Gasteiger partial charge in [0.25, 0.3) is 5.91 Å². The van der Waals surface area contributed by atoms with E-state index < -0.39 is 0 Å². The lowest BCUT2D eigenvalue weighted by atomic mass is 10.3. The number of rotatable bonds is 6. The molecular formula is C13H13ClN2O3S2. The molecule has 0 spiro atoms. The number of nitrogens with zero attached hydrogens (tertiary/aromatic N) is 1. The summed E-state index contributed by atoms with van der Waals surface area (Å²) in [6.07, 6.45) is 0. The van der Waals surface area contributed by atoms with Crippen LogP contribution in [0.5, 0.6) is 5.75 Å². The third kappa shape index (κ3) is 4.59. The van der Waals surface area contributed by atoms with Crippen molar-refractivity contribution in [3.63, 3.8) is 0 Å². The lowest BCUT2D eigenvalue weighted by molar-refractivity contribution is -0.125. The minimum atomic E-state index is -0.278. The quantitative estimate of drug-likeness (QED) is 0.796. The lowest BCUT2D eigenvalue weighted by Gasteiger charge is -2.15. The number of hydrogen-bond donors (Lipinski definition) is 1. The molecule has 2 rings (SSSR count). The average molecular weight is 345 g/mol. The molecule has 21 heavy (non-hydrogen) atoms. The third-order valence-corrected chi connectivity index (χ3v) is 4.44. The van der Waals surface area contributed by atoms with Crippen LogP contribution in [0.2, 0.25) is 5.02 Å². The first-order valence-corrected chi connectivity index (χ1v) is 7.96. The van der Waals surface area contributed by atoms with Crippen molar-refractivity contribution >= 4 is 51.7 Å². The van der Waals surface area contributed by atoms with Crippen LogP contribution in [0.25, 0.3) is 0 Å². The Morgan fingerprint density at radius 1 is 1.48 bits per heavy atom. The number of halogens is 1. The van der Waals surface area contributed by atoms with E-state index in [4.69, 9.17) is 28.6 Å². The van der Waals surface area contributed by atoms with Gasteiger partial charge in [0, 0.05) is 13.1 Å². The second-order valence-corrected chi connectivity index (χ2v) is 6.19. The first kappa shape index (κ1) is 16.1. The van der Waals surface area contributed by atoms with E-state index in [-0.39, 0.29) is 18.4 Å². The topological polar surface area (TPSA) is 58.6 Å². The van der Waals surface area contributed by atoms with Gasteiger partial charge >= 0.3 is 0 Å². The highest BCUT2D eigenvalue weighted by molar-refractivity contribution is 8.23. The predicted octanol–water partition coefficient (Wildman–Crippen LogP) is 1.70. The largest absolute Gasteiger partial charge is 0.482 e. The van der Waals surface area contributed by atoms with Crippen molar-refractivity contribution in [2.24, 2.45) is 0 Å². The van der Waals surface area contributed by atoms with Crippen LogP contribution in [0.4, 0.5) is 0 Å². The van der Waals surface area contributed by atoms with Crippen molar-refractivity contribution in [2.75, 3.05) is 25.4 Å². The molecule has 1 aromatic rings. The molecule has 5 nitrogen and oxygen atoms in total. The number of carbonyl (C=O) groups excluding carboxylic acids is 2. The molecule has 1 heterocycles. The van der Waals surface area contributed by atoms with Crippen LogP contribution in [0.3, 0.4) is 0 Å². The molecule has 1 saturated heterocycles. The zero-order valence-corrected chi connectivity index (χ0v) is 13.4. The highest BCUT2D eigenvalue weighted by atomic mass is 35.5. The van der Waals surface area contributed by atoms with Gasteiger partial charge in [0.05, 0.1) is 10.8 Å². The number of carbonyl (C=O) groups is 2. The fourth-order valence-electron chi connectivity index (χ4n) is 1.66. The van der Waals surface area contributed by atoms with Gasteiger partial charge in [0.1, 0.15) is 10.1 Å². The normalized spacial score (nSPS) is 14.4. The maximum atomic E-state index is 11.6. The van der Waals surface area contributed by atoms with Crippen molar-refractivity contribution in [3.05, 3.63) is 29.3 Å². The molecule has 0 unspecified atom stereocenters. The summed E-state index contributed by atoms with van der Waals surface area (Å²) in [6, 6.07) is 6.93. The fourth-order valence-corrected chi connectivity index (χ4v) is 2.97. The van der Waals surface area contributed by atoms with Gasteiger partial charge in [0.2, 0.25) is 5.91 Å². The number of thioether (sulfide) groups is 1. The molecule has 112 valence electrons. The molecule has 1 aromatic carbocycles. The van der Waals surface area contributed by atoms with Crippen molar-refractivity contribution < 1.29 is 14.3 Å². The lowest BCUT2D eigenvalue weighted by Crippen LogP contribution is -2.38. The smallest absolute Gasteiger partial charge is 0.258 e. The second-order valence-electron chi connectivity index (χ2n) is 4.17. The molecule has 0 atom stereocenters. The van der Waals surface area contributed by atoms with Gasteiger partial charge in [0.15, 0.2) is 6.61 Å². The highest BCUT2D eigenvalue weighted by Crippen LogP contribution is 2.22. The summed E-state index contributed by atoms with van der Waals surface area (Å²) in [4.78, 5) is 24.6. The van der Waals surface area contributed by atoms with Gasteiger partial charge in [-0.05, 0) is 12.1 Å². The van der Waals surface area contributed by atoms with E-state index in [1.165, 1.54) is 16.7 Å². The van der Waals surface area contributed by atoms with Crippen molar-refractivity contribution in [1.82, 2.24) is 10.2 Å². The molecule has 1 aliphatic rings. The van der Waals surface area contributed by atoms with Gasteiger partial charge in [-0.3, -0.25) is 14.5 Å². The molecule has 1 fully saturated rings. The van der Waals surface area contributed by atoms with Crippen molar-refractivity contribution in [2.45, 2.75) is 0 Å². The van der Waals surface area contributed by atoms with Gasteiger partial charge in [-0.2, -0.15) is 0 Å². The SMILES string of the molecule is O=C(COc1ccccc1Cl)NCCN1C(=O)CSC1=S. The van der Waals surface area contributed by atoms with E-state index in [0.717, 1.165) is 0 Å². The summed E-state index contributed by atoms with van der Waals surface area (Å²) in [5.41, 5.74) is 0. The average Bonchev–Trinajstić information content (AvgIpc) is 2.78. The first-order valence-electron chi connectivity index (χ1n) is 6.19. The summed E-state index contributed by atoms with van der Waals surface area (Å²) in [7, 11) is 0. The van der Waals surface area contributed by atoms with E-state index in [9.17, 15) is 9.59 Å². The number of amides is 2. The number of benzene rings is 1. The second kappa shape index (κ2) is 7.63. The van der Waals surface area contributed by atoms with E-state index in [2.05, 4.69) is 5.32 Å². The number of hydrogen-bond acceptors (Lipinski definition) is 5.